The van der Waals surface area contributed by atoms with Gasteiger partial charge in [0.25, 0.3) is 0 Å². The van der Waals surface area contributed by atoms with Gasteiger partial charge in [-0.1, -0.05) is 20.8 Å². The van der Waals surface area contributed by atoms with Gasteiger partial charge in [0, 0.05) is 0 Å². The Morgan fingerprint density at radius 3 is 2.41 bits per heavy atom. The summed E-state index contributed by atoms with van der Waals surface area (Å²) in [6, 6.07) is 0. The highest BCUT2D eigenvalue weighted by atomic mass is 28.4. The maximum absolute atomic E-state index is 9.75. The second kappa shape index (κ2) is 5.10. The summed E-state index contributed by atoms with van der Waals surface area (Å²) in [6.07, 6.45) is 0.607. The molecule has 0 fully saturated rings. The third kappa shape index (κ3) is 3.55. The van der Waals surface area contributed by atoms with Crippen molar-refractivity contribution in [2.45, 2.75) is 57.2 Å². The Kier molecular flexibility index (Phi) is 4.41. The average Bonchev–Trinajstić information content (AvgIpc) is 2.18. The van der Waals surface area contributed by atoms with Crippen LogP contribution in [0.1, 0.15) is 20.8 Å². The van der Waals surface area contributed by atoms with Crippen molar-refractivity contribution in [3.8, 4) is 0 Å². The molecule has 0 aromatic carbocycles. The van der Waals surface area contributed by atoms with Crippen LogP contribution in [0, 0.1) is 0 Å². The van der Waals surface area contributed by atoms with Gasteiger partial charge in [-0.3, -0.25) is 0 Å². The summed E-state index contributed by atoms with van der Waals surface area (Å²) in [7, 11) is -1.84. The lowest BCUT2D eigenvalue weighted by atomic mass is 10.1. The Hall–Kier alpha value is -0.363. The molecule has 0 amide bonds. The van der Waals surface area contributed by atoms with E-state index in [1.54, 1.807) is 0 Å². The molecule has 1 aliphatic heterocycles. The van der Waals surface area contributed by atoms with Crippen molar-refractivity contribution in [3.63, 3.8) is 0 Å². The molecule has 0 aromatic heterocycles. The molecule has 5 heteroatoms. The standard InChI is InChI=1S/C12H24O4Si/c1-12(2,3)17(4,5)16-8-10-11(14)9(13)6-7-15-10/h6-7,9-11,13-14H,8H2,1-5H3. The number of rotatable bonds is 3. The first-order valence-corrected chi connectivity index (χ1v) is 8.88. The number of ether oxygens (including phenoxy) is 1. The molecule has 0 saturated carbocycles. The van der Waals surface area contributed by atoms with Crippen molar-refractivity contribution in [2.75, 3.05) is 6.61 Å². The SMILES string of the molecule is CC(C)(C)[Si](C)(C)OCC1OC=CC(O)C1O. The average molecular weight is 260 g/mol. The quantitative estimate of drug-likeness (QED) is 0.757. The van der Waals surface area contributed by atoms with Gasteiger partial charge < -0.3 is 19.4 Å². The lowest BCUT2D eigenvalue weighted by Crippen LogP contribution is -2.48. The van der Waals surface area contributed by atoms with Crippen LogP contribution >= 0.6 is 0 Å². The fourth-order valence-electron chi connectivity index (χ4n) is 1.29. The maximum atomic E-state index is 9.75. The third-order valence-corrected chi connectivity index (χ3v) is 8.18. The van der Waals surface area contributed by atoms with Gasteiger partial charge in [0.15, 0.2) is 8.32 Å². The van der Waals surface area contributed by atoms with E-state index in [-0.39, 0.29) is 5.04 Å². The molecule has 1 heterocycles. The molecule has 0 radical (unpaired) electrons. The van der Waals surface area contributed by atoms with E-state index < -0.39 is 26.6 Å². The number of hydrogen-bond acceptors (Lipinski definition) is 4. The fraction of sp³-hybridized carbons (Fsp3) is 0.833. The van der Waals surface area contributed by atoms with Crippen molar-refractivity contribution >= 4 is 8.32 Å². The highest BCUT2D eigenvalue weighted by Crippen LogP contribution is 2.36. The van der Waals surface area contributed by atoms with Gasteiger partial charge in [0.2, 0.25) is 0 Å². The zero-order valence-electron chi connectivity index (χ0n) is 11.3. The molecule has 0 bridgehead atoms. The molecule has 17 heavy (non-hydrogen) atoms. The molecule has 3 atom stereocenters. The first-order valence-electron chi connectivity index (χ1n) is 5.97. The van der Waals surface area contributed by atoms with Crippen molar-refractivity contribution in [2.24, 2.45) is 0 Å². The van der Waals surface area contributed by atoms with Gasteiger partial charge in [-0.15, -0.1) is 0 Å². The van der Waals surface area contributed by atoms with E-state index in [1.807, 2.05) is 0 Å². The number of aliphatic hydroxyl groups excluding tert-OH is 2. The Labute approximate surface area is 104 Å². The predicted octanol–water partition coefficient (Wildman–Crippen LogP) is 1.64. The van der Waals surface area contributed by atoms with Gasteiger partial charge in [-0.05, 0) is 24.2 Å². The minimum atomic E-state index is -1.84. The maximum Gasteiger partial charge on any atom is 0.192 e. The topological polar surface area (TPSA) is 58.9 Å². The lowest BCUT2D eigenvalue weighted by Gasteiger charge is -2.38. The number of aliphatic hydroxyl groups is 2. The summed E-state index contributed by atoms with van der Waals surface area (Å²) >= 11 is 0. The first-order chi connectivity index (χ1) is 7.65. The molecule has 100 valence electrons. The molecule has 0 aliphatic carbocycles. The minimum Gasteiger partial charge on any atom is -0.493 e. The van der Waals surface area contributed by atoms with Gasteiger partial charge in [0.05, 0.1) is 12.9 Å². The zero-order chi connectivity index (χ0) is 13.3. The number of hydrogen-bond donors (Lipinski definition) is 2. The van der Waals surface area contributed by atoms with Crippen LogP contribution < -0.4 is 0 Å². The van der Waals surface area contributed by atoms with Gasteiger partial charge in [-0.25, -0.2) is 0 Å². The largest absolute Gasteiger partial charge is 0.493 e. The van der Waals surface area contributed by atoms with Crippen LogP contribution in [0.2, 0.25) is 18.1 Å². The molecule has 1 rings (SSSR count). The zero-order valence-corrected chi connectivity index (χ0v) is 12.3. The lowest BCUT2D eigenvalue weighted by molar-refractivity contribution is -0.0787. The van der Waals surface area contributed by atoms with Gasteiger partial charge in [0.1, 0.15) is 18.3 Å². The molecule has 0 spiro atoms. The molecule has 2 N–H and O–H groups in total. The third-order valence-electron chi connectivity index (χ3n) is 3.67. The van der Waals surface area contributed by atoms with Crippen LogP contribution in [0.15, 0.2) is 12.3 Å². The van der Waals surface area contributed by atoms with Crippen molar-refractivity contribution < 1.29 is 19.4 Å². The Morgan fingerprint density at radius 2 is 1.88 bits per heavy atom. The first kappa shape index (κ1) is 14.7. The predicted molar refractivity (Wildman–Crippen MR) is 69.2 cm³/mol. The monoisotopic (exact) mass is 260 g/mol. The van der Waals surface area contributed by atoms with Crippen LogP contribution in [-0.2, 0) is 9.16 Å². The second-order valence-electron chi connectivity index (χ2n) is 6.06. The summed E-state index contributed by atoms with van der Waals surface area (Å²) in [5.41, 5.74) is 0. The Morgan fingerprint density at radius 1 is 1.29 bits per heavy atom. The van der Waals surface area contributed by atoms with Gasteiger partial charge >= 0.3 is 0 Å². The highest BCUT2D eigenvalue weighted by molar-refractivity contribution is 6.74. The van der Waals surface area contributed by atoms with E-state index in [1.165, 1.54) is 12.3 Å². The van der Waals surface area contributed by atoms with Crippen LogP contribution in [0.5, 0.6) is 0 Å². The molecule has 3 unspecified atom stereocenters. The van der Waals surface area contributed by atoms with Crippen LogP contribution in [0.25, 0.3) is 0 Å². The highest BCUT2D eigenvalue weighted by Gasteiger charge is 2.39. The van der Waals surface area contributed by atoms with Crippen LogP contribution in [0.4, 0.5) is 0 Å². The van der Waals surface area contributed by atoms with E-state index in [0.29, 0.717) is 6.61 Å². The normalized spacial score (nSPS) is 30.2. The van der Waals surface area contributed by atoms with Crippen LogP contribution in [-0.4, -0.2) is 43.4 Å². The molecule has 0 saturated heterocycles. The van der Waals surface area contributed by atoms with E-state index in [4.69, 9.17) is 9.16 Å². The molecular weight excluding hydrogens is 236 g/mol. The Balaban J connectivity index is 2.54. The smallest absolute Gasteiger partial charge is 0.192 e. The summed E-state index contributed by atoms with van der Waals surface area (Å²) in [4.78, 5) is 0. The molecule has 1 aliphatic rings. The van der Waals surface area contributed by atoms with Crippen molar-refractivity contribution in [1.82, 2.24) is 0 Å². The molecular formula is C12H24O4Si. The van der Waals surface area contributed by atoms with Crippen LogP contribution in [0.3, 0.4) is 0 Å². The van der Waals surface area contributed by atoms with E-state index in [2.05, 4.69) is 33.9 Å². The van der Waals surface area contributed by atoms with Crippen molar-refractivity contribution in [3.05, 3.63) is 12.3 Å². The minimum absolute atomic E-state index is 0.126. The molecule has 4 nitrogen and oxygen atoms in total. The fourth-order valence-corrected chi connectivity index (χ4v) is 2.30. The summed E-state index contributed by atoms with van der Waals surface area (Å²) in [5, 5.41) is 19.3. The van der Waals surface area contributed by atoms with Gasteiger partial charge in [-0.2, -0.15) is 0 Å². The summed E-state index contributed by atoms with van der Waals surface area (Å²) < 4.78 is 11.2. The second-order valence-corrected chi connectivity index (χ2v) is 10.9. The van der Waals surface area contributed by atoms with Crippen molar-refractivity contribution in [1.29, 1.82) is 0 Å². The van der Waals surface area contributed by atoms with E-state index in [9.17, 15) is 10.2 Å². The van der Waals surface area contributed by atoms with E-state index >= 15 is 0 Å². The Bertz CT molecular complexity index is 283. The summed E-state index contributed by atoms with van der Waals surface area (Å²) in [6.45, 7) is 11.1. The van der Waals surface area contributed by atoms with E-state index in [0.717, 1.165) is 0 Å². The summed E-state index contributed by atoms with van der Waals surface area (Å²) in [5.74, 6) is 0. The molecule has 0 aromatic rings.